The lowest BCUT2D eigenvalue weighted by Crippen LogP contribution is -2.23. The summed E-state index contributed by atoms with van der Waals surface area (Å²) >= 11 is 5.91. The third kappa shape index (κ3) is 2.95. The number of nitrogens with zero attached hydrogens (tertiary/aromatic N) is 3. The number of nitroso groups, excluding NO2 is 1. The SMILES string of the molecule is CC(=O)N(c1cccc(Cl)c1)c1cc(N=O)ccn1. The molecular weight excluding hydrogens is 266 g/mol. The lowest BCUT2D eigenvalue weighted by Gasteiger charge is -2.20. The number of carbonyl (C=O) groups is 1. The predicted molar refractivity (Wildman–Crippen MR) is 74.0 cm³/mol. The Morgan fingerprint density at radius 3 is 2.74 bits per heavy atom. The van der Waals surface area contributed by atoms with Gasteiger partial charge in [0.2, 0.25) is 5.91 Å². The van der Waals surface area contributed by atoms with Gasteiger partial charge in [0.1, 0.15) is 11.5 Å². The van der Waals surface area contributed by atoms with Gasteiger partial charge in [0, 0.05) is 24.2 Å². The first-order valence-corrected chi connectivity index (χ1v) is 5.85. The van der Waals surface area contributed by atoms with Gasteiger partial charge < -0.3 is 0 Å². The van der Waals surface area contributed by atoms with Crippen molar-refractivity contribution < 1.29 is 4.79 Å². The fourth-order valence-electron chi connectivity index (χ4n) is 1.68. The van der Waals surface area contributed by atoms with Gasteiger partial charge in [-0.15, -0.1) is 4.91 Å². The van der Waals surface area contributed by atoms with Gasteiger partial charge in [0.25, 0.3) is 0 Å². The fraction of sp³-hybridized carbons (Fsp3) is 0.0769. The summed E-state index contributed by atoms with van der Waals surface area (Å²) in [6, 6.07) is 9.72. The maximum absolute atomic E-state index is 11.8. The van der Waals surface area contributed by atoms with Crippen molar-refractivity contribution in [2.75, 3.05) is 4.90 Å². The molecule has 0 fully saturated rings. The Labute approximate surface area is 114 Å². The van der Waals surface area contributed by atoms with Crippen molar-refractivity contribution in [3.63, 3.8) is 0 Å². The minimum atomic E-state index is -0.238. The van der Waals surface area contributed by atoms with Crippen LogP contribution in [0.1, 0.15) is 6.92 Å². The Bertz CT molecular complexity index is 631. The molecule has 19 heavy (non-hydrogen) atoms. The minimum Gasteiger partial charge on any atom is -0.274 e. The van der Waals surface area contributed by atoms with Gasteiger partial charge in [-0.05, 0) is 29.4 Å². The molecule has 0 bridgehead atoms. The van der Waals surface area contributed by atoms with Crippen molar-refractivity contribution in [3.8, 4) is 0 Å². The third-order valence-corrected chi connectivity index (χ3v) is 2.68. The van der Waals surface area contributed by atoms with E-state index in [0.717, 1.165) is 0 Å². The molecule has 1 amide bonds. The molecule has 0 N–H and O–H groups in total. The van der Waals surface area contributed by atoms with Crippen molar-refractivity contribution >= 4 is 34.7 Å². The molecule has 2 rings (SSSR count). The Hall–Kier alpha value is -2.27. The van der Waals surface area contributed by atoms with E-state index in [1.807, 2.05) is 0 Å². The number of carbonyl (C=O) groups excluding carboxylic acids is 1. The first kappa shape index (κ1) is 13.2. The monoisotopic (exact) mass is 275 g/mol. The summed E-state index contributed by atoms with van der Waals surface area (Å²) < 4.78 is 0. The first-order valence-electron chi connectivity index (χ1n) is 5.47. The third-order valence-electron chi connectivity index (χ3n) is 2.44. The second-order valence-electron chi connectivity index (χ2n) is 3.80. The molecule has 0 unspecified atom stereocenters. The van der Waals surface area contributed by atoms with Gasteiger partial charge in [-0.1, -0.05) is 17.7 Å². The summed E-state index contributed by atoms with van der Waals surface area (Å²) in [6.45, 7) is 1.41. The Morgan fingerprint density at radius 2 is 2.11 bits per heavy atom. The average Bonchev–Trinajstić information content (AvgIpc) is 2.39. The highest BCUT2D eigenvalue weighted by Crippen LogP contribution is 2.28. The van der Waals surface area contributed by atoms with Gasteiger partial charge in [-0.3, -0.25) is 9.69 Å². The minimum absolute atomic E-state index is 0.207. The lowest BCUT2D eigenvalue weighted by molar-refractivity contribution is -0.115. The molecule has 0 aliphatic heterocycles. The molecular formula is C13H10ClN3O2. The molecule has 6 heteroatoms. The number of pyridine rings is 1. The molecule has 0 radical (unpaired) electrons. The van der Waals surface area contributed by atoms with Gasteiger partial charge >= 0.3 is 0 Å². The van der Waals surface area contributed by atoms with Crippen molar-refractivity contribution in [2.45, 2.75) is 6.92 Å². The number of anilines is 2. The zero-order valence-corrected chi connectivity index (χ0v) is 10.8. The van der Waals surface area contributed by atoms with Crippen LogP contribution in [-0.2, 0) is 4.79 Å². The van der Waals surface area contributed by atoms with Crippen molar-refractivity contribution in [1.29, 1.82) is 0 Å². The van der Waals surface area contributed by atoms with Crippen LogP contribution in [0.3, 0.4) is 0 Å². The van der Waals surface area contributed by atoms with Crippen LogP contribution in [0.15, 0.2) is 47.8 Å². The average molecular weight is 276 g/mol. The Kier molecular flexibility index (Phi) is 3.87. The number of benzene rings is 1. The number of amides is 1. The number of hydrogen-bond acceptors (Lipinski definition) is 4. The molecule has 0 atom stereocenters. The van der Waals surface area contributed by atoms with Crippen molar-refractivity contribution in [2.24, 2.45) is 5.18 Å². The van der Waals surface area contributed by atoms with E-state index in [-0.39, 0.29) is 11.6 Å². The van der Waals surface area contributed by atoms with Gasteiger partial charge in [-0.2, -0.15) is 0 Å². The quantitative estimate of drug-likeness (QED) is 0.800. The zero-order valence-electron chi connectivity index (χ0n) is 10.1. The number of hydrogen-bond donors (Lipinski definition) is 0. The number of rotatable bonds is 3. The highest BCUT2D eigenvalue weighted by Gasteiger charge is 2.16. The van der Waals surface area contributed by atoms with Crippen LogP contribution < -0.4 is 4.90 Å². The smallest absolute Gasteiger partial charge is 0.229 e. The van der Waals surface area contributed by atoms with E-state index < -0.39 is 0 Å². The summed E-state index contributed by atoms with van der Waals surface area (Å²) in [5, 5.41) is 3.34. The van der Waals surface area contributed by atoms with Gasteiger partial charge in [-0.25, -0.2) is 4.98 Å². The second kappa shape index (κ2) is 5.58. The topological polar surface area (TPSA) is 62.6 Å². The largest absolute Gasteiger partial charge is 0.274 e. The number of halogens is 1. The van der Waals surface area contributed by atoms with Crippen molar-refractivity contribution in [3.05, 3.63) is 52.5 Å². The van der Waals surface area contributed by atoms with E-state index in [0.29, 0.717) is 16.5 Å². The first-order chi connectivity index (χ1) is 9.11. The molecule has 1 heterocycles. The predicted octanol–water partition coefficient (Wildman–Crippen LogP) is 3.82. The van der Waals surface area contributed by atoms with Gasteiger partial charge in [0.05, 0.1) is 5.69 Å². The fourth-order valence-corrected chi connectivity index (χ4v) is 1.86. The summed E-state index contributed by atoms with van der Waals surface area (Å²) in [4.78, 5) is 27.8. The Morgan fingerprint density at radius 1 is 1.32 bits per heavy atom. The molecule has 1 aromatic heterocycles. The van der Waals surface area contributed by atoms with Crippen LogP contribution in [-0.4, -0.2) is 10.9 Å². The van der Waals surface area contributed by atoms with Gasteiger partial charge in [0.15, 0.2) is 0 Å². The molecule has 5 nitrogen and oxygen atoms in total. The van der Waals surface area contributed by atoms with Crippen LogP contribution in [0.4, 0.5) is 17.2 Å². The van der Waals surface area contributed by atoms with Crippen LogP contribution in [0.25, 0.3) is 0 Å². The molecule has 2 aromatic rings. The van der Waals surface area contributed by atoms with E-state index in [1.54, 1.807) is 24.3 Å². The highest BCUT2D eigenvalue weighted by molar-refractivity contribution is 6.31. The van der Waals surface area contributed by atoms with E-state index >= 15 is 0 Å². The molecule has 0 aliphatic carbocycles. The highest BCUT2D eigenvalue weighted by atomic mass is 35.5. The summed E-state index contributed by atoms with van der Waals surface area (Å²) in [6.07, 6.45) is 1.42. The Balaban J connectivity index is 2.51. The van der Waals surface area contributed by atoms with E-state index in [2.05, 4.69) is 10.2 Å². The van der Waals surface area contributed by atoms with Crippen molar-refractivity contribution in [1.82, 2.24) is 4.98 Å². The van der Waals surface area contributed by atoms with Crippen LogP contribution >= 0.6 is 11.6 Å². The summed E-state index contributed by atoms with van der Waals surface area (Å²) in [5.74, 6) is 0.0877. The molecule has 0 spiro atoms. The molecule has 96 valence electrons. The molecule has 0 saturated heterocycles. The lowest BCUT2D eigenvalue weighted by atomic mass is 10.2. The maximum atomic E-state index is 11.8. The van der Waals surface area contributed by atoms with E-state index in [1.165, 1.54) is 30.2 Å². The maximum Gasteiger partial charge on any atom is 0.229 e. The molecule has 0 saturated carbocycles. The van der Waals surface area contributed by atoms with E-state index in [9.17, 15) is 9.70 Å². The van der Waals surface area contributed by atoms with E-state index in [4.69, 9.17) is 11.6 Å². The molecule has 0 aliphatic rings. The standard InChI is InChI=1S/C13H10ClN3O2/c1-9(18)17(12-4-2-3-10(14)7-12)13-8-11(16-19)5-6-15-13/h2-8H,1H3. The molecule has 1 aromatic carbocycles. The second-order valence-corrected chi connectivity index (χ2v) is 4.23. The number of aromatic nitrogens is 1. The normalized spacial score (nSPS) is 10.0. The van der Waals surface area contributed by atoms with Crippen LogP contribution in [0, 0.1) is 4.91 Å². The van der Waals surface area contributed by atoms with Crippen LogP contribution in [0.2, 0.25) is 5.02 Å². The zero-order chi connectivity index (χ0) is 13.8. The summed E-state index contributed by atoms with van der Waals surface area (Å²) in [7, 11) is 0. The summed E-state index contributed by atoms with van der Waals surface area (Å²) in [5.41, 5.74) is 0.786. The van der Waals surface area contributed by atoms with Crippen LogP contribution in [0.5, 0.6) is 0 Å².